The second-order valence-electron chi connectivity index (χ2n) is 5.29. The lowest BCUT2D eigenvalue weighted by molar-refractivity contribution is 0.576. The van der Waals surface area contributed by atoms with Gasteiger partial charge in [0, 0.05) is 17.9 Å². The van der Waals surface area contributed by atoms with Crippen LogP contribution in [0.5, 0.6) is 0 Å². The van der Waals surface area contributed by atoms with Crippen molar-refractivity contribution in [2.75, 3.05) is 5.73 Å². The minimum Gasteiger partial charge on any atom is -0.384 e. The van der Waals surface area contributed by atoms with E-state index in [1.165, 1.54) is 18.7 Å². The molecule has 1 aromatic rings. The number of hydrogen-bond acceptors (Lipinski definition) is 2. The number of imidazole rings is 1. The summed E-state index contributed by atoms with van der Waals surface area (Å²) < 4.78 is 2.24. The molecule has 16 heavy (non-hydrogen) atoms. The molecule has 1 atom stereocenters. The Morgan fingerprint density at radius 2 is 2.00 bits per heavy atom. The van der Waals surface area contributed by atoms with Gasteiger partial charge >= 0.3 is 0 Å². The lowest BCUT2D eigenvalue weighted by Gasteiger charge is -2.13. The summed E-state index contributed by atoms with van der Waals surface area (Å²) in [7, 11) is 0. The largest absolute Gasteiger partial charge is 0.384 e. The Kier molecular flexibility index (Phi) is 2.96. The summed E-state index contributed by atoms with van der Waals surface area (Å²) >= 11 is 0. The van der Waals surface area contributed by atoms with Gasteiger partial charge in [-0.2, -0.15) is 0 Å². The van der Waals surface area contributed by atoms with Gasteiger partial charge in [0.05, 0.1) is 5.69 Å². The summed E-state index contributed by atoms with van der Waals surface area (Å²) in [5.41, 5.74) is 7.36. The van der Waals surface area contributed by atoms with Crippen LogP contribution in [-0.2, 0) is 0 Å². The van der Waals surface area contributed by atoms with Crippen molar-refractivity contribution >= 4 is 5.82 Å². The molecule has 1 fully saturated rings. The Hall–Kier alpha value is -0.990. The standard InChI is InChI=1S/C13H23N3/c1-5-9(4)11-12(14)16(8(2)3)13(15-11)10-6-7-10/h8-10H,5-7,14H2,1-4H3. The Bertz CT molecular complexity index is 375. The van der Waals surface area contributed by atoms with Crippen molar-refractivity contribution in [1.29, 1.82) is 0 Å². The molecule has 1 unspecified atom stereocenters. The van der Waals surface area contributed by atoms with E-state index in [9.17, 15) is 0 Å². The van der Waals surface area contributed by atoms with Crippen LogP contribution in [0.1, 0.15) is 76.4 Å². The first kappa shape index (κ1) is 11.5. The SMILES string of the molecule is CCC(C)c1nc(C2CC2)n(C(C)C)c1N. The van der Waals surface area contributed by atoms with Crippen LogP contribution in [0.3, 0.4) is 0 Å². The topological polar surface area (TPSA) is 43.8 Å². The number of nitrogens with zero attached hydrogens (tertiary/aromatic N) is 2. The van der Waals surface area contributed by atoms with Crippen molar-refractivity contribution in [1.82, 2.24) is 9.55 Å². The molecule has 2 N–H and O–H groups in total. The Morgan fingerprint density at radius 1 is 1.38 bits per heavy atom. The molecule has 1 aliphatic carbocycles. The first-order chi connectivity index (χ1) is 7.56. The molecule has 1 heterocycles. The summed E-state index contributed by atoms with van der Waals surface area (Å²) in [4.78, 5) is 4.80. The van der Waals surface area contributed by atoms with Gasteiger partial charge in [-0.1, -0.05) is 13.8 Å². The van der Waals surface area contributed by atoms with Crippen molar-refractivity contribution in [3.05, 3.63) is 11.5 Å². The van der Waals surface area contributed by atoms with E-state index in [2.05, 4.69) is 32.3 Å². The smallest absolute Gasteiger partial charge is 0.127 e. The van der Waals surface area contributed by atoms with Crippen molar-refractivity contribution in [2.24, 2.45) is 0 Å². The van der Waals surface area contributed by atoms with Crippen molar-refractivity contribution in [3.63, 3.8) is 0 Å². The third kappa shape index (κ3) is 1.83. The van der Waals surface area contributed by atoms with E-state index in [1.54, 1.807) is 0 Å². The lowest BCUT2D eigenvalue weighted by atomic mass is 10.1. The molecule has 0 spiro atoms. The van der Waals surface area contributed by atoms with Gasteiger partial charge in [0.2, 0.25) is 0 Å². The average Bonchev–Trinajstić information content (AvgIpc) is 3.01. The van der Waals surface area contributed by atoms with E-state index in [1.807, 2.05) is 0 Å². The molecule has 2 rings (SSSR count). The molecule has 0 amide bonds. The van der Waals surface area contributed by atoms with E-state index in [0.29, 0.717) is 17.9 Å². The monoisotopic (exact) mass is 221 g/mol. The summed E-state index contributed by atoms with van der Waals surface area (Å²) in [6.07, 6.45) is 3.66. The van der Waals surface area contributed by atoms with E-state index in [0.717, 1.165) is 17.9 Å². The Labute approximate surface area is 98.1 Å². The highest BCUT2D eigenvalue weighted by Gasteiger charge is 2.32. The second-order valence-corrected chi connectivity index (χ2v) is 5.29. The molecule has 0 saturated heterocycles. The van der Waals surface area contributed by atoms with Crippen LogP contribution >= 0.6 is 0 Å². The van der Waals surface area contributed by atoms with E-state index < -0.39 is 0 Å². The summed E-state index contributed by atoms with van der Waals surface area (Å²) in [5.74, 6) is 3.26. The first-order valence-corrected chi connectivity index (χ1v) is 6.43. The van der Waals surface area contributed by atoms with E-state index >= 15 is 0 Å². The normalized spacial score (nSPS) is 18.1. The molecule has 0 aliphatic heterocycles. The predicted octanol–water partition coefficient (Wildman–Crippen LogP) is 3.44. The number of aromatic nitrogens is 2. The van der Waals surface area contributed by atoms with Crippen LogP contribution in [0.25, 0.3) is 0 Å². The van der Waals surface area contributed by atoms with Gasteiger partial charge < -0.3 is 10.3 Å². The zero-order chi connectivity index (χ0) is 11.9. The van der Waals surface area contributed by atoms with Crippen LogP contribution in [-0.4, -0.2) is 9.55 Å². The van der Waals surface area contributed by atoms with Gasteiger partial charge in [0.15, 0.2) is 0 Å². The minimum atomic E-state index is 0.418. The Balaban J connectivity index is 2.44. The zero-order valence-electron chi connectivity index (χ0n) is 10.8. The fourth-order valence-corrected chi connectivity index (χ4v) is 2.21. The Morgan fingerprint density at radius 3 is 2.44 bits per heavy atom. The fraction of sp³-hybridized carbons (Fsp3) is 0.769. The number of nitrogens with two attached hydrogens (primary N) is 1. The molecule has 0 bridgehead atoms. The molecule has 3 nitrogen and oxygen atoms in total. The van der Waals surface area contributed by atoms with Gasteiger partial charge in [0.25, 0.3) is 0 Å². The molecular formula is C13H23N3. The minimum absolute atomic E-state index is 0.418. The second kappa shape index (κ2) is 4.11. The maximum absolute atomic E-state index is 6.25. The number of anilines is 1. The van der Waals surface area contributed by atoms with Crippen molar-refractivity contribution < 1.29 is 0 Å². The molecular weight excluding hydrogens is 198 g/mol. The molecule has 3 heteroatoms. The van der Waals surface area contributed by atoms with Crippen LogP contribution in [0.15, 0.2) is 0 Å². The molecule has 1 aromatic heterocycles. The molecule has 0 aromatic carbocycles. The molecule has 90 valence electrons. The maximum Gasteiger partial charge on any atom is 0.127 e. The highest BCUT2D eigenvalue weighted by molar-refractivity contribution is 5.42. The van der Waals surface area contributed by atoms with Crippen molar-refractivity contribution in [3.8, 4) is 0 Å². The van der Waals surface area contributed by atoms with Gasteiger partial charge in [0.1, 0.15) is 11.6 Å². The first-order valence-electron chi connectivity index (χ1n) is 6.43. The predicted molar refractivity (Wildman–Crippen MR) is 67.7 cm³/mol. The summed E-state index contributed by atoms with van der Waals surface area (Å²) in [5, 5.41) is 0. The summed E-state index contributed by atoms with van der Waals surface area (Å²) in [6.45, 7) is 8.77. The van der Waals surface area contributed by atoms with Crippen molar-refractivity contribution in [2.45, 2.75) is 64.8 Å². The lowest BCUT2D eigenvalue weighted by Crippen LogP contribution is -2.09. The highest BCUT2D eigenvalue weighted by atomic mass is 15.2. The number of rotatable bonds is 4. The quantitative estimate of drug-likeness (QED) is 0.846. The highest BCUT2D eigenvalue weighted by Crippen LogP contribution is 2.42. The van der Waals surface area contributed by atoms with E-state index in [4.69, 9.17) is 10.7 Å². The van der Waals surface area contributed by atoms with Crippen LogP contribution in [0.4, 0.5) is 5.82 Å². The van der Waals surface area contributed by atoms with Crippen LogP contribution < -0.4 is 5.73 Å². The van der Waals surface area contributed by atoms with E-state index in [-0.39, 0.29) is 0 Å². The third-order valence-electron chi connectivity index (χ3n) is 3.54. The zero-order valence-corrected chi connectivity index (χ0v) is 10.8. The number of nitrogen functional groups attached to an aromatic ring is 1. The number of hydrogen-bond donors (Lipinski definition) is 1. The van der Waals surface area contributed by atoms with Gasteiger partial charge in [-0.3, -0.25) is 0 Å². The van der Waals surface area contributed by atoms with Crippen LogP contribution in [0, 0.1) is 0 Å². The van der Waals surface area contributed by atoms with Crippen LogP contribution in [0.2, 0.25) is 0 Å². The average molecular weight is 221 g/mol. The molecule has 0 radical (unpaired) electrons. The summed E-state index contributed by atoms with van der Waals surface area (Å²) in [6, 6.07) is 0.418. The maximum atomic E-state index is 6.25. The molecule has 1 aliphatic rings. The van der Waals surface area contributed by atoms with Gasteiger partial charge in [-0.15, -0.1) is 0 Å². The van der Waals surface area contributed by atoms with Gasteiger partial charge in [-0.25, -0.2) is 4.98 Å². The fourth-order valence-electron chi connectivity index (χ4n) is 2.21. The third-order valence-corrected chi connectivity index (χ3v) is 3.54. The molecule has 1 saturated carbocycles. The van der Waals surface area contributed by atoms with Gasteiger partial charge in [-0.05, 0) is 33.1 Å².